The molecule has 1 heterocycles. The predicted octanol–water partition coefficient (Wildman–Crippen LogP) is 1.12. The van der Waals surface area contributed by atoms with Gasteiger partial charge in [0, 0.05) is 18.3 Å². The average molecular weight is 364 g/mol. The van der Waals surface area contributed by atoms with E-state index in [-0.39, 0.29) is 36.7 Å². The van der Waals surface area contributed by atoms with Crippen LogP contribution in [0.3, 0.4) is 0 Å². The highest BCUT2D eigenvalue weighted by Gasteiger charge is 2.20. The molecule has 1 aromatic rings. The van der Waals surface area contributed by atoms with Crippen molar-refractivity contribution in [3.63, 3.8) is 0 Å². The number of rotatable bonds is 6. The Labute approximate surface area is 151 Å². The quantitative estimate of drug-likeness (QED) is 0.689. The van der Waals surface area contributed by atoms with E-state index in [1.54, 1.807) is 6.92 Å². The zero-order valence-electron chi connectivity index (χ0n) is 14.7. The fourth-order valence-corrected chi connectivity index (χ4v) is 2.69. The number of aromatic nitrogens is 1. The van der Waals surface area contributed by atoms with Gasteiger partial charge >= 0.3 is 6.09 Å². The van der Waals surface area contributed by atoms with E-state index < -0.39 is 12.0 Å². The Morgan fingerprint density at radius 1 is 1.27 bits per heavy atom. The molecule has 0 atom stereocenters. The SMILES string of the molecule is CCOc1cc(C(=O)NC2CCCCC2)cnc1OC(=O)NC(=O)CN. The first-order valence-corrected chi connectivity index (χ1v) is 8.69. The smallest absolute Gasteiger partial charge is 0.420 e. The van der Waals surface area contributed by atoms with Gasteiger partial charge in [-0.2, -0.15) is 0 Å². The average Bonchev–Trinajstić information content (AvgIpc) is 2.64. The highest BCUT2D eigenvalue weighted by Crippen LogP contribution is 2.26. The molecule has 0 aromatic carbocycles. The fourth-order valence-electron chi connectivity index (χ4n) is 2.69. The zero-order chi connectivity index (χ0) is 18.9. The second kappa shape index (κ2) is 9.71. The maximum absolute atomic E-state index is 12.4. The monoisotopic (exact) mass is 364 g/mol. The first kappa shape index (κ1) is 19.6. The summed E-state index contributed by atoms with van der Waals surface area (Å²) in [7, 11) is 0. The van der Waals surface area contributed by atoms with Gasteiger partial charge in [0.25, 0.3) is 11.8 Å². The highest BCUT2D eigenvalue weighted by molar-refractivity contribution is 5.95. The topological polar surface area (TPSA) is 133 Å². The third-order valence-electron chi connectivity index (χ3n) is 3.94. The van der Waals surface area contributed by atoms with Crippen molar-refractivity contribution >= 4 is 17.9 Å². The van der Waals surface area contributed by atoms with Gasteiger partial charge in [0.1, 0.15) is 0 Å². The standard InChI is InChI=1S/C17H24N4O5/c1-2-25-13-8-11(15(23)20-12-6-4-3-5-7-12)10-19-16(13)26-17(24)21-14(22)9-18/h8,10,12H,2-7,9,18H2,1H3,(H,20,23)(H,21,22,24). The molecule has 1 aromatic heterocycles. The zero-order valence-corrected chi connectivity index (χ0v) is 14.7. The number of carbonyl (C=O) groups is 3. The minimum Gasteiger partial charge on any atom is -0.488 e. The van der Waals surface area contributed by atoms with Crippen molar-refractivity contribution in [1.82, 2.24) is 15.6 Å². The molecule has 0 bridgehead atoms. The Morgan fingerprint density at radius 2 is 2.00 bits per heavy atom. The molecule has 4 N–H and O–H groups in total. The number of nitrogens with one attached hydrogen (secondary N) is 2. The molecule has 2 rings (SSSR count). The Balaban J connectivity index is 2.07. The van der Waals surface area contributed by atoms with Crippen LogP contribution < -0.4 is 25.8 Å². The predicted molar refractivity (Wildman–Crippen MR) is 93.0 cm³/mol. The molecule has 26 heavy (non-hydrogen) atoms. The minimum absolute atomic E-state index is 0.136. The Kier molecular flexibility index (Phi) is 7.34. The van der Waals surface area contributed by atoms with Gasteiger partial charge in [-0.25, -0.2) is 9.78 Å². The lowest BCUT2D eigenvalue weighted by molar-refractivity contribution is -0.118. The normalized spacial score (nSPS) is 14.4. The van der Waals surface area contributed by atoms with Gasteiger partial charge in [0.2, 0.25) is 5.91 Å². The van der Waals surface area contributed by atoms with Crippen LogP contribution in [0.15, 0.2) is 12.3 Å². The van der Waals surface area contributed by atoms with Gasteiger partial charge in [-0.05, 0) is 19.8 Å². The second-order valence-corrected chi connectivity index (χ2v) is 5.91. The van der Waals surface area contributed by atoms with Crippen LogP contribution in [0.25, 0.3) is 0 Å². The van der Waals surface area contributed by atoms with E-state index in [0.717, 1.165) is 25.7 Å². The summed E-state index contributed by atoms with van der Waals surface area (Å²) < 4.78 is 10.4. The van der Waals surface area contributed by atoms with Crippen LogP contribution in [0.5, 0.6) is 11.6 Å². The van der Waals surface area contributed by atoms with E-state index in [4.69, 9.17) is 15.2 Å². The maximum Gasteiger partial charge on any atom is 0.420 e. The summed E-state index contributed by atoms with van der Waals surface area (Å²) in [5.41, 5.74) is 5.43. The van der Waals surface area contributed by atoms with Gasteiger partial charge in [0.05, 0.1) is 18.7 Å². The second-order valence-electron chi connectivity index (χ2n) is 5.91. The van der Waals surface area contributed by atoms with E-state index in [1.807, 2.05) is 5.32 Å². The molecule has 0 radical (unpaired) electrons. The third kappa shape index (κ3) is 5.69. The van der Waals surface area contributed by atoms with Crippen molar-refractivity contribution in [1.29, 1.82) is 0 Å². The number of amides is 3. The first-order valence-electron chi connectivity index (χ1n) is 8.69. The Morgan fingerprint density at radius 3 is 2.65 bits per heavy atom. The molecule has 0 aliphatic heterocycles. The molecule has 1 aliphatic carbocycles. The van der Waals surface area contributed by atoms with Crippen LogP contribution in [-0.4, -0.2) is 42.1 Å². The summed E-state index contributed by atoms with van der Waals surface area (Å²) in [6, 6.07) is 1.62. The molecule has 142 valence electrons. The first-order chi connectivity index (χ1) is 12.5. The summed E-state index contributed by atoms with van der Waals surface area (Å²) in [6.45, 7) is 1.69. The van der Waals surface area contributed by atoms with E-state index in [9.17, 15) is 14.4 Å². The molecule has 3 amide bonds. The number of nitrogens with two attached hydrogens (primary N) is 1. The van der Waals surface area contributed by atoms with Gasteiger partial charge < -0.3 is 20.5 Å². The number of hydrogen-bond acceptors (Lipinski definition) is 7. The molecule has 0 saturated heterocycles. The van der Waals surface area contributed by atoms with Crippen molar-refractivity contribution in [2.75, 3.05) is 13.2 Å². The van der Waals surface area contributed by atoms with Crippen LogP contribution in [-0.2, 0) is 4.79 Å². The van der Waals surface area contributed by atoms with E-state index in [1.165, 1.54) is 18.7 Å². The summed E-state index contributed by atoms with van der Waals surface area (Å²) in [4.78, 5) is 39.1. The molecular formula is C17H24N4O5. The largest absolute Gasteiger partial charge is 0.488 e. The molecule has 1 aliphatic rings. The fraction of sp³-hybridized carbons (Fsp3) is 0.529. The number of hydrogen-bond donors (Lipinski definition) is 3. The van der Waals surface area contributed by atoms with Gasteiger partial charge in [-0.15, -0.1) is 0 Å². The Hall–Kier alpha value is -2.68. The maximum atomic E-state index is 12.4. The van der Waals surface area contributed by atoms with Crippen molar-refractivity contribution in [2.24, 2.45) is 5.73 Å². The van der Waals surface area contributed by atoms with Crippen LogP contribution in [0.4, 0.5) is 4.79 Å². The lowest BCUT2D eigenvalue weighted by atomic mass is 9.95. The van der Waals surface area contributed by atoms with E-state index in [2.05, 4.69) is 10.3 Å². The highest BCUT2D eigenvalue weighted by atomic mass is 16.6. The number of pyridine rings is 1. The number of ether oxygens (including phenoxy) is 2. The van der Waals surface area contributed by atoms with Gasteiger partial charge in [0.15, 0.2) is 5.75 Å². The van der Waals surface area contributed by atoms with Crippen molar-refractivity contribution in [3.8, 4) is 11.6 Å². The van der Waals surface area contributed by atoms with Crippen LogP contribution in [0.2, 0.25) is 0 Å². The molecule has 9 heteroatoms. The molecule has 0 unspecified atom stereocenters. The van der Waals surface area contributed by atoms with E-state index >= 15 is 0 Å². The van der Waals surface area contributed by atoms with Crippen molar-refractivity contribution in [3.05, 3.63) is 17.8 Å². The van der Waals surface area contributed by atoms with Crippen molar-refractivity contribution in [2.45, 2.75) is 45.1 Å². The summed E-state index contributed by atoms with van der Waals surface area (Å²) in [5, 5.41) is 4.92. The summed E-state index contributed by atoms with van der Waals surface area (Å²) in [6.07, 6.45) is 5.63. The Bertz CT molecular complexity index is 659. The molecule has 0 spiro atoms. The number of carbonyl (C=O) groups excluding carboxylic acids is 3. The van der Waals surface area contributed by atoms with E-state index in [0.29, 0.717) is 5.56 Å². The van der Waals surface area contributed by atoms with Crippen LogP contribution >= 0.6 is 0 Å². The number of nitrogens with zero attached hydrogens (tertiary/aromatic N) is 1. The molecule has 9 nitrogen and oxygen atoms in total. The lowest BCUT2D eigenvalue weighted by Crippen LogP contribution is -2.37. The molecular weight excluding hydrogens is 340 g/mol. The molecule has 1 fully saturated rings. The number of imide groups is 1. The van der Waals surface area contributed by atoms with Crippen LogP contribution in [0.1, 0.15) is 49.4 Å². The summed E-state index contributed by atoms with van der Waals surface area (Å²) >= 11 is 0. The van der Waals surface area contributed by atoms with Gasteiger partial charge in [-0.3, -0.25) is 14.9 Å². The third-order valence-corrected chi connectivity index (χ3v) is 3.94. The van der Waals surface area contributed by atoms with Gasteiger partial charge in [-0.1, -0.05) is 19.3 Å². The van der Waals surface area contributed by atoms with Crippen molar-refractivity contribution < 1.29 is 23.9 Å². The minimum atomic E-state index is -1.02. The molecule has 1 saturated carbocycles. The summed E-state index contributed by atoms with van der Waals surface area (Å²) in [5.74, 6) is -0.932. The van der Waals surface area contributed by atoms with Crippen LogP contribution in [0, 0.1) is 0 Å². The lowest BCUT2D eigenvalue weighted by Gasteiger charge is -2.22.